The van der Waals surface area contributed by atoms with Crippen molar-refractivity contribution < 1.29 is 10.2 Å². The van der Waals surface area contributed by atoms with Crippen LogP contribution in [0.3, 0.4) is 0 Å². The number of benzene rings is 1. The van der Waals surface area contributed by atoms with E-state index in [0.29, 0.717) is 32.5 Å². The van der Waals surface area contributed by atoms with Gasteiger partial charge in [-0.1, -0.05) is 33.8 Å². The van der Waals surface area contributed by atoms with E-state index >= 15 is 0 Å². The van der Waals surface area contributed by atoms with Gasteiger partial charge in [-0.3, -0.25) is 0 Å². The van der Waals surface area contributed by atoms with Crippen molar-refractivity contribution in [1.82, 2.24) is 0 Å². The highest BCUT2D eigenvalue weighted by Crippen LogP contribution is 2.83. The Balaban J connectivity index is 1.40. The maximum Gasteiger partial charge on any atom is 0.157 e. The zero-order chi connectivity index (χ0) is 22.4. The van der Waals surface area contributed by atoms with Gasteiger partial charge in [0.25, 0.3) is 0 Å². The highest BCUT2D eigenvalue weighted by Gasteiger charge is 2.74. The van der Waals surface area contributed by atoms with Crippen LogP contribution < -0.4 is 0 Å². The lowest BCUT2D eigenvalue weighted by Crippen LogP contribution is -2.69. The quantitative estimate of drug-likeness (QED) is 0.468. The molecule has 2 N–H and O–H groups in total. The molecule has 0 aromatic heterocycles. The summed E-state index contributed by atoms with van der Waals surface area (Å²) in [5.41, 5.74) is 4.35. The first-order valence-corrected chi connectivity index (χ1v) is 13.3. The third-order valence-corrected chi connectivity index (χ3v) is 11.9. The Morgan fingerprint density at radius 2 is 1.16 bits per heavy atom. The summed E-state index contributed by atoms with van der Waals surface area (Å²) < 4.78 is 0. The largest absolute Gasteiger partial charge is 0.504 e. The maximum absolute atomic E-state index is 10.4. The molecule has 9 rings (SSSR count). The third-order valence-electron chi connectivity index (χ3n) is 11.9. The molecule has 8 fully saturated rings. The van der Waals surface area contributed by atoms with Crippen LogP contribution >= 0.6 is 0 Å². The topological polar surface area (TPSA) is 40.5 Å². The fourth-order valence-corrected chi connectivity index (χ4v) is 13.5. The van der Waals surface area contributed by atoms with Crippen molar-refractivity contribution in [3.05, 3.63) is 23.8 Å². The molecule has 8 aliphatic rings. The van der Waals surface area contributed by atoms with E-state index in [4.69, 9.17) is 0 Å². The van der Waals surface area contributed by atoms with Gasteiger partial charge in [-0.25, -0.2) is 0 Å². The van der Waals surface area contributed by atoms with Crippen molar-refractivity contribution in [1.29, 1.82) is 0 Å². The minimum absolute atomic E-state index is 0.0209. The van der Waals surface area contributed by atoms with Gasteiger partial charge in [-0.15, -0.1) is 0 Å². The fraction of sp³-hybridized carbons (Fsp3) is 0.800. The monoisotopic (exact) mass is 434 g/mol. The van der Waals surface area contributed by atoms with Gasteiger partial charge in [0.15, 0.2) is 11.5 Å². The van der Waals surface area contributed by atoms with Gasteiger partial charge in [0, 0.05) is 0 Å². The molecule has 8 bridgehead atoms. The van der Waals surface area contributed by atoms with Crippen molar-refractivity contribution in [2.45, 2.75) is 110 Å². The van der Waals surface area contributed by atoms with E-state index in [2.05, 4.69) is 33.8 Å². The number of hydrogen-bond donors (Lipinski definition) is 2. The molecule has 4 unspecified atom stereocenters. The second-order valence-electron chi connectivity index (χ2n) is 15.9. The average molecular weight is 435 g/mol. The van der Waals surface area contributed by atoms with Crippen LogP contribution in [0.15, 0.2) is 18.2 Å². The number of rotatable bonds is 2. The van der Waals surface area contributed by atoms with E-state index in [1.165, 1.54) is 82.6 Å². The molecule has 0 heterocycles. The minimum atomic E-state index is 0.0209. The van der Waals surface area contributed by atoms with Crippen LogP contribution in [0, 0.1) is 38.4 Å². The van der Waals surface area contributed by atoms with Gasteiger partial charge in [0.05, 0.1) is 0 Å². The number of phenolic OH excluding ortho intramolecular Hbond substituents is 2. The summed E-state index contributed by atoms with van der Waals surface area (Å²) in [6.45, 7) is 10.5. The predicted molar refractivity (Wildman–Crippen MR) is 128 cm³/mol. The summed E-state index contributed by atoms with van der Waals surface area (Å²) in [7, 11) is 0. The summed E-state index contributed by atoms with van der Waals surface area (Å²) >= 11 is 0. The van der Waals surface area contributed by atoms with Crippen LogP contribution in [0.5, 0.6) is 11.5 Å². The van der Waals surface area contributed by atoms with Crippen molar-refractivity contribution in [2.24, 2.45) is 38.4 Å². The lowest BCUT2D eigenvalue weighted by atomic mass is 9.26. The summed E-state index contributed by atoms with van der Waals surface area (Å²) in [6.07, 6.45) is 16.9. The fourth-order valence-electron chi connectivity index (χ4n) is 13.5. The molecule has 0 radical (unpaired) electrons. The molecule has 4 atom stereocenters. The van der Waals surface area contributed by atoms with Crippen LogP contribution in [0.2, 0.25) is 0 Å². The van der Waals surface area contributed by atoms with E-state index < -0.39 is 0 Å². The molecule has 2 nitrogen and oxygen atoms in total. The minimum Gasteiger partial charge on any atom is -0.504 e. The standard InChI is InChI=1S/C30H42O2/c1-24-8-20-9-25(2,11-24)16-29(10-20,15-24)30-17-26(3)12-27(4,18-30)14-28(13-26,19-30)21-5-6-22(31)23(32)7-21/h5-7,20,31-32H,8-19H2,1-4H3. The molecule has 8 aliphatic carbocycles. The van der Waals surface area contributed by atoms with Gasteiger partial charge in [0.1, 0.15) is 0 Å². The SMILES string of the molecule is CC12CC3CC(C)(C1)CC(C14CC5(C)CC(C)(CC(c6ccc(O)c(O)c6)(C5)C1)C4)(C3)C2. The molecule has 0 amide bonds. The van der Waals surface area contributed by atoms with E-state index in [0.717, 1.165) is 5.92 Å². The zero-order valence-electron chi connectivity index (χ0n) is 20.7. The lowest BCUT2D eigenvalue weighted by Gasteiger charge is -2.78. The van der Waals surface area contributed by atoms with Crippen LogP contribution in [0.1, 0.15) is 110 Å². The van der Waals surface area contributed by atoms with Crippen LogP contribution in [-0.2, 0) is 5.41 Å². The molecule has 1 aromatic carbocycles. The van der Waals surface area contributed by atoms with Gasteiger partial charge in [0.2, 0.25) is 0 Å². The molecule has 0 saturated heterocycles. The van der Waals surface area contributed by atoms with Gasteiger partial charge in [-0.2, -0.15) is 0 Å². The maximum atomic E-state index is 10.4. The molecule has 32 heavy (non-hydrogen) atoms. The van der Waals surface area contributed by atoms with E-state index in [-0.39, 0.29) is 16.9 Å². The molecule has 1 aromatic rings. The van der Waals surface area contributed by atoms with Gasteiger partial charge >= 0.3 is 0 Å². The second-order valence-corrected chi connectivity index (χ2v) is 15.9. The Kier molecular flexibility index (Phi) is 3.40. The summed E-state index contributed by atoms with van der Waals surface area (Å²) in [5, 5.41) is 20.5. The first-order chi connectivity index (χ1) is 14.8. The Hall–Kier alpha value is -1.18. The Morgan fingerprint density at radius 1 is 0.594 bits per heavy atom. The second kappa shape index (κ2) is 5.38. The first kappa shape index (κ1) is 20.2. The Morgan fingerprint density at radius 3 is 1.72 bits per heavy atom. The van der Waals surface area contributed by atoms with Crippen molar-refractivity contribution >= 4 is 0 Å². The number of aromatic hydroxyl groups is 2. The van der Waals surface area contributed by atoms with Crippen molar-refractivity contribution in [2.75, 3.05) is 0 Å². The molecular formula is C30H42O2. The van der Waals surface area contributed by atoms with Crippen LogP contribution in [-0.4, -0.2) is 10.2 Å². The van der Waals surface area contributed by atoms with Crippen LogP contribution in [0.4, 0.5) is 0 Å². The summed E-state index contributed by atoms with van der Waals surface area (Å²) in [5.74, 6) is 1.04. The summed E-state index contributed by atoms with van der Waals surface area (Å²) in [4.78, 5) is 0. The average Bonchev–Trinajstić information content (AvgIpc) is 2.57. The Bertz CT molecular complexity index is 986. The molecule has 174 valence electrons. The number of phenols is 2. The third kappa shape index (κ3) is 2.43. The molecule has 2 heteroatoms. The van der Waals surface area contributed by atoms with Gasteiger partial charge in [-0.05, 0) is 139 Å². The molecule has 8 saturated carbocycles. The van der Waals surface area contributed by atoms with Crippen LogP contribution in [0.25, 0.3) is 0 Å². The predicted octanol–water partition coefficient (Wildman–Crippen LogP) is 7.71. The lowest BCUT2D eigenvalue weighted by molar-refractivity contribution is -0.270. The first-order valence-electron chi connectivity index (χ1n) is 13.3. The zero-order valence-corrected chi connectivity index (χ0v) is 20.7. The van der Waals surface area contributed by atoms with Crippen molar-refractivity contribution in [3.63, 3.8) is 0 Å². The highest BCUT2D eigenvalue weighted by atomic mass is 16.3. The number of hydrogen-bond acceptors (Lipinski definition) is 2. The smallest absolute Gasteiger partial charge is 0.157 e. The molecule has 0 spiro atoms. The van der Waals surface area contributed by atoms with E-state index in [9.17, 15) is 10.2 Å². The van der Waals surface area contributed by atoms with Gasteiger partial charge < -0.3 is 10.2 Å². The molecular weight excluding hydrogens is 392 g/mol. The van der Waals surface area contributed by atoms with Crippen molar-refractivity contribution in [3.8, 4) is 11.5 Å². The molecule has 0 aliphatic heterocycles. The Labute approximate surface area is 194 Å². The van der Waals surface area contributed by atoms with E-state index in [1.807, 2.05) is 6.07 Å². The normalized spacial score (nSPS) is 57.3. The van der Waals surface area contributed by atoms with E-state index in [1.54, 1.807) is 6.07 Å². The highest BCUT2D eigenvalue weighted by molar-refractivity contribution is 5.45. The summed E-state index contributed by atoms with van der Waals surface area (Å²) in [6, 6.07) is 5.81.